The second-order valence-electron chi connectivity index (χ2n) is 7.44. The molecule has 2 unspecified atom stereocenters. The molecule has 1 aromatic rings. The maximum atomic E-state index is 12.2. The van der Waals surface area contributed by atoms with Crippen LogP contribution < -0.4 is 10.2 Å². The van der Waals surface area contributed by atoms with E-state index in [0.717, 1.165) is 18.7 Å². The fourth-order valence-corrected chi connectivity index (χ4v) is 4.28. The Balaban J connectivity index is 1.40. The molecule has 0 radical (unpaired) electrons. The van der Waals surface area contributed by atoms with Gasteiger partial charge in [-0.1, -0.05) is 12.1 Å². The van der Waals surface area contributed by atoms with Crippen LogP contribution in [0.25, 0.3) is 0 Å². The Bertz CT molecular complexity index is 797. The number of piperidine rings is 1. The Morgan fingerprint density at radius 3 is 2.64 bits per heavy atom. The molecule has 3 amide bonds. The highest BCUT2D eigenvalue weighted by Gasteiger charge is 2.61. The van der Waals surface area contributed by atoms with Crippen LogP contribution in [0.2, 0.25) is 0 Å². The summed E-state index contributed by atoms with van der Waals surface area (Å²) < 4.78 is 14.6. The van der Waals surface area contributed by atoms with Gasteiger partial charge in [0, 0.05) is 24.2 Å². The van der Waals surface area contributed by atoms with Crippen LogP contribution in [-0.4, -0.2) is 69.7 Å². The molecule has 1 N–H and O–H groups in total. The molecule has 2 aliphatic heterocycles. The lowest BCUT2D eigenvalue weighted by atomic mass is 9.95. The summed E-state index contributed by atoms with van der Waals surface area (Å²) in [6, 6.07) is 7.84. The maximum Gasteiger partial charge on any atom is 0.414 e. The molecule has 150 valence electrons. The predicted molar refractivity (Wildman–Crippen MR) is 98.2 cm³/mol. The molecule has 9 nitrogen and oxygen atoms in total. The van der Waals surface area contributed by atoms with Gasteiger partial charge in [-0.3, -0.25) is 4.90 Å². The number of likely N-dealkylation sites (tertiary alicyclic amines) is 1. The van der Waals surface area contributed by atoms with Crippen molar-refractivity contribution in [3.8, 4) is 0 Å². The van der Waals surface area contributed by atoms with Crippen molar-refractivity contribution < 1.29 is 28.6 Å². The first kappa shape index (κ1) is 18.4. The van der Waals surface area contributed by atoms with E-state index in [1.807, 2.05) is 24.3 Å². The maximum absolute atomic E-state index is 12.2. The van der Waals surface area contributed by atoms with Crippen LogP contribution >= 0.6 is 0 Å². The molecule has 1 aromatic carbocycles. The number of anilines is 1. The van der Waals surface area contributed by atoms with E-state index in [1.54, 1.807) is 9.80 Å². The highest BCUT2D eigenvalue weighted by molar-refractivity contribution is 5.89. The van der Waals surface area contributed by atoms with Crippen LogP contribution in [0.15, 0.2) is 24.3 Å². The van der Waals surface area contributed by atoms with Crippen LogP contribution in [0.1, 0.15) is 12.0 Å². The molecule has 1 saturated carbocycles. The van der Waals surface area contributed by atoms with Gasteiger partial charge in [0.2, 0.25) is 0 Å². The number of rotatable bonds is 4. The first-order valence-corrected chi connectivity index (χ1v) is 9.20. The van der Waals surface area contributed by atoms with Crippen molar-refractivity contribution in [3.05, 3.63) is 29.8 Å². The first-order chi connectivity index (χ1) is 13.5. The zero-order valence-corrected chi connectivity index (χ0v) is 15.8. The second kappa shape index (κ2) is 6.88. The number of carbonyl (C=O) groups excluding carboxylic acids is 3. The molecule has 2 saturated heterocycles. The second-order valence-corrected chi connectivity index (χ2v) is 7.44. The lowest BCUT2D eigenvalue weighted by Gasteiger charge is -2.20. The number of hydrogen-bond acceptors (Lipinski definition) is 6. The van der Waals surface area contributed by atoms with Crippen LogP contribution in [0, 0.1) is 5.92 Å². The summed E-state index contributed by atoms with van der Waals surface area (Å²) in [4.78, 5) is 38.4. The average Bonchev–Trinajstić information content (AvgIpc) is 3.08. The molecule has 2 heterocycles. The van der Waals surface area contributed by atoms with Crippen LogP contribution in [0.5, 0.6) is 0 Å². The Hall–Kier alpha value is -2.97. The van der Waals surface area contributed by atoms with Gasteiger partial charge >= 0.3 is 18.3 Å². The average molecular weight is 389 g/mol. The highest BCUT2D eigenvalue weighted by atomic mass is 16.6. The highest BCUT2D eigenvalue weighted by Crippen LogP contribution is 2.59. The summed E-state index contributed by atoms with van der Waals surface area (Å²) in [5.41, 5.74) is 1.92. The molecular weight excluding hydrogens is 366 g/mol. The van der Waals surface area contributed by atoms with E-state index in [9.17, 15) is 14.4 Å². The Labute approximate surface area is 162 Å². The van der Waals surface area contributed by atoms with E-state index in [2.05, 4.69) is 10.1 Å². The van der Waals surface area contributed by atoms with Gasteiger partial charge in [0.25, 0.3) is 0 Å². The van der Waals surface area contributed by atoms with Gasteiger partial charge in [0.1, 0.15) is 6.10 Å². The van der Waals surface area contributed by atoms with Crippen molar-refractivity contribution in [2.75, 3.05) is 45.3 Å². The van der Waals surface area contributed by atoms with Gasteiger partial charge < -0.3 is 24.4 Å². The minimum atomic E-state index is -0.561. The number of cyclic esters (lactones) is 1. The van der Waals surface area contributed by atoms with E-state index in [-0.39, 0.29) is 18.1 Å². The van der Waals surface area contributed by atoms with Crippen molar-refractivity contribution in [1.29, 1.82) is 0 Å². The van der Waals surface area contributed by atoms with Crippen LogP contribution in [0.3, 0.4) is 0 Å². The Morgan fingerprint density at radius 2 is 1.96 bits per heavy atom. The third-order valence-corrected chi connectivity index (χ3v) is 5.87. The normalized spacial score (nSPS) is 27.9. The van der Waals surface area contributed by atoms with E-state index in [1.165, 1.54) is 19.8 Å². The fourth-order valence-electron chi connectivity index (χ4n) is 4.28. The summed E-state index contributed by atoms with van der Waals surface area (Å²) in [5, 5.41) is 2.53. The number of carbonyl (C=O) groups is 3. The van der Waals surface area contributed by atoms with Gasteiger partial charge in [0.05, 0.1) is 27.3 Å². The van der Waals surface area contributed by atoms with Crippen LogP contribution in [0.4, 0.5) is 20.1 Å². The van der Waals surface area contributed by atoms with Crippen molar-refractivity contribution in [2.24, 2.45) is 5.92 Å². The van der Waals surface area contributed by atoms with Gasteiger partial charge in [-0.15, -0.1) is 0 Å². The topological polar surface area (TPSA) is 97.4 Å². The molecule has 3 aliphatic rings. The number of amides is 3. The molecule has 0 bridgehead atoms. The number of hydrogen-bond donors (Lipinski definition) is 1. The quantitative estimate of drug-likeness (QED) is 0.788. The van der Waals surface area contributed by atoms with E-state index >= 15 is 0 Å². The molecule has 0 aromatic heterocycles. The molecular formula is C19H23N3O6. The molecule has 9 heteroatoms. The lowest BCUT2D eigenvalue weighted by molar-refractivity contribution is 0.127. The Morgan fingerprint density at radius 1 is 1.21 bits per heavy atom. The van der Waals surface area contributed by atoms with Crippen molar-refractivity contribution >= 4 is 24.0 Å². The number of ether oxygens (including phenoxy) is 3. The predicted octanol–water partition coefficient (Wildman–Crippen LogP) is 1.71. The fraction of sp³-hybridized carbons (Fsp3) is 0.526. The van der Waals surface area contributed by atoms with E-state index in [0.29, 0.717) is 19.0 Å². The summed E-state index contributed by atoms with van der Waals surface area (Å²) in [5.74, 6) is 0.461. The van der Waals surface area contributed by atoms with E-state index < -0.39 is 18.3 Å². The molecule has 3 atom stereocenters. The van der Waals surface area contributed by atoms with E-state index in [4.69, 9.17) is 9.47 Å². The SMILES string of the molecule is COC(=O)NC[C@H]1CN(c2ccc(C34CC3CN(C(=O)OC)C4)cc2)C(=O)O1. The molecule has 4 rings (SSSR count). The summed E-state index contributed by atoms with van der Waals surface area (Å²) in [6.45, 7) is 1.94. The van der Waals surface area contributed by atoms with Crippen molar-refractivity contribution in [1.82, 2.24) is 10.2 Å². The number of nitrogens with one attached hydrogen (secondary N) is 1. The first-order valence-electron chi connectivity index (χ1n) is 9.20. The largest absolute Gasteiger partial charge is 0.453 e. The minimum Gasteiger partial charge on any atom is -0.453 e. The smallest absolute Gasteiger partial charge is 0.414 e. The number of fused-ring (bicyclic) bond motifs is 1. The molecule has 1 aliphatic carbocycles. The van der Waals surface area contributed by atoms with Crippen LogP contribution in [-0.2, 0) is 19.6 Å². The third-order valence-electron chi connectivity index (χ3n) is 5.87. The Kier molecular flexibility index (Phi) is 4.52. The van der Waals surface area contributed by atoms with Crippen molar-refractivity contribution in [3.63, 3.8) is 0 Å². The number of methoxy groups -OCH3 is 2. The van der Waals surface area contributed by atoms with Crippen molar-refractivity contribution in [2.45, 2.75) is 17.9 Å². The third kappa shape index (κ3) is 3.10. The summed E-state index contributed by atoms with van der Waals surface area (Å²) >= 11 is 0. The summed E-state index contributed by atoms with van der Waals surface area (Å²) in [6.07, 6.45) is -0.651. The standard InChI is InChI=1S/C19H23N3O6/c1-26-16(23)20-8-15-10-22(18(25)28-15)14-5-3-12(4-6-14)19-7-13(19)9-21(11-19)17(24)27-2/h3-6,13,15H,7-11H2,1-2H3,(H,20,23)/t13?,15-,19?/m0/s1. The van der Waals surface area contributed by atoms with Gasteiger partial charge in [0.15, 0.2) is 0 Å². The number of nitrogens with zero attached hydrogens (tertiary/aromatic N) is 2. The molecule has 0 spiro atoms. The summed E-state index contributed by atoms with van der Waals surface area (Å²) in [7, 11) is 2.68. The zero-order valence-electron chi connectivity index (χ0n) is 15.8. The number of benzene rings is 1. The molecule has 28 heavy (non-hydrogen) atoms. The lowest BCUT2D eigenvalue weighted by Crippen LogP contribution is -2.34. The monoisotopic (exact) mass is 389 g/mol. The minimum absolute atomic E-state index is 0.00517. The molecule has 3 fully saturated rings. The van der Waals surface area contributed by atoms with Gasteiger partial charge in [-0.2, -0.15) is 0 Å². The zero-order chi connectivity index (χ0) is 19.9. The van der Waals surface area contributed by atoms with Gasteiger partial charge in [-0.05, 0) is 30.0 Å². The number of alkyl carbamates (subject to hydrolysis) is 1. The van der Waals surface area contributed by atoms with Gasteiger partial charge in [-0.25, -0.2) is 14.4 Å².